The van der Waals surface area contributed by atoms with Gasteiger partial charge in [0.2, 0.25) is 0 Å². The predicted molar refractivity (Wildman–Crippen MR) is 71.1 cm³/mol. The van der Waals surface area contributed by atoms with Gasteiger partial charge in [0.15, 0.2) is 0 Å². The maximum atomic E-state index is 13.3. The molecule has 1 aliphatic heterocycles. The fourth-order valence-corrected chi connectivity index (χ4v) is 3.12. The van der Waals surface area contributed by atoms with Crippen molar-refractivity contribution in [3.63, 3.8) is 0 Å². The number of anilines is 1. The largest absolute Gasteiger partial charge is 0.314 e. The van der Waals surface area contributed by atoms with Crippen LogP contribution < -0.4 is 10.0 Å². The summed E-state index contributed by atoms with van der Waals surface area (Å²) in [4.78, 5) is 0. The van der Waals surface area contributed by atoms with E-state index in [2.05, 4.69) is 26.0 Å². The standard InChI is InChI=1S/C10H13BrFN3O2S/c11-9-2-1-8(7-10(9)12)14-18(16,17)15-5-3-13-4-6-15/h1-2,7,13-14H,3-6H2. The average Bonchev–Trinajstić information content (AvgIpc) is 2.35. The molecular weight excluding hydrogens is 325 g/mol. The first-order valence-electron chi connectivity index (χ1n) is 5.43. The maximum absolute atomic E-state index is 13.3. The molecule has 2 rings (SSSR count). The monoisotopic (exact) mass is 337 g/mol. The third-order valence-electron chi connectivity index (χ3n) is 2.58. The van der Waals surface area contributed by atoms with Crippen molar-refractivity contribution >= 4 is 31.8 Å². The minimum Gasteiger partial charge on any atom is -0.314 e. The van der Waals surface area contributed by atoms with Crippen LogP contribution in [0, 0.1) is 5.82 Å². The van der Waals surface area contributed by atoms with Gasteiger partial charge in [-0.3, -0.25) is 4.72 Å². The summed E-state index contributed by atoms with van der Waals surface area (Å²) in [5.74, 6) is -0.504. The molecule has 1 fully saturated rings. The van der Waals surface area contributed by atoms with Crippen molar-refractivity contribution in [3.05, 3.63) is 28.5 Å². The highest BCUT2D eigenvalue weighted by Crippen LogP contribution is 2.20. The molecule has 0 bridgehead atoms. The second kappa shape index (κ2) is 5.52. The highest BCUT2D eigenvalue weighted by atomic mass is 79.9. The average molecular weight is 338 g/mol. The Morgan fingerprint density at radius 1 is 1.33 bits per heavy atom. The minimum atomic E-state index is -3.60. The third kappa shape index (κ3) is 3.19. The second-order valence-corrected chi connectivity index (χ2v) is 6.41. The topological polar surface area (TPSA) is 61.4 Å². The molecule has 18 heavy (non-hydrogen) atoms. The molecule has 8 heteroatoms. The summed E-state index contributed by atoms with van der Waals surface area (Å²) in [6.45, 7) is 2.06. The normalized spacial score (nSPS) is 17.7. The Balaban J connectivity index is 2.13. The first-order chi connectivity index (χ1) is 8.49. The Kier molecular flexibility index (Phi) is 4.21. The van der Waals surface area contributed by atoms with Gasteiger partial charge in [0, 0.05) is 26.2 Å². The fraction of sp³-hybridized carbons (Fsp3) is 0.400. The number of nitrogens with zero attached hydrogens (tertiary/aromatic N) is 1. The van der Waals surface area contributed by atoms with Crippen molar-refractivity contribution in [2.24, 2.45) is 0 Å². The Labute approximate surface area is 114 Å². The van der Waals surface area contributed by atoms with Crippen LogP contribution in [0.3, 0.4) is 0 Å². The first-order valence-corrected chi connectivity index (χ1v) is 7.66. The van der Waals surface area contributed by atoms with Crippen LogP contribution in [0.1, 0.15) is 0 Å². The van der Waals surface area contributed by atoms with E-state index < -0.39 is 16.0 Å². The van der Waals surface area contributed by atoms with Crippen molar-refractivity contribution < 1.29 is 12.8 Å². The molecule has 1 aliphatic rings. The zero-order chi connectivity index (χ0) is 13.2. The van der Waals surface area contributed by atoms with Gasteiger partial charge in [-0.05, 0) is 34.1 Å². The van der Waals surface area contributed by atoms with Gasteiger partial charge in [-0.2, -0.15) is 12.7 Å². The van der Waals surface area contributed by atoms with Crippen LogP contribution in [0.5, 0.6) is 0 Å². The lowest BCUT2D eigenvalue weighted by Gasteiger charge is -2.26. The number of hydrogen-bond acceptors (Lipinski definition) is 3. The van der Waals surface area contributed by atoms with Crippen LogP contribution >= 0.6 is 15.9 Å². The van der Waals surface area contributed by atoms with E-state index in [0.717, 1.165) is 6.07 Å². The van der Waals surface area contributed by atoms with Gasteiger partial charge in [0.25, 0.3) is 0 Å². The van der Waals surface area contributed by atoms with E-state index in [0.29, 0.717) is 30.7 Å². The lowest BCUT2D eigenvalue weighted by Crippen LogP contribution is -2.48. The zero-order valence-corrected chi connectivity index (χ0v) is 11.9. The molecule has 1 saturated heterocycles. The Hall–Kier alpha value is -0.700. The lowest BCUT2D eigenvalue weighted by atomic mass is 10.3. The molecule has 100 valence electrons. The first kappa shape index (κ1) is 13.7. The summed E-state index contributed by atoms with van der Waals surface area (Å²) in [6.07, 6.45) is 0. The van der Waals surface area contributed by atoms with Crippen molar-refractivity contribution in [2.75, 3.05) is 30.9 Å². The van der Waals surface area contributed by atoms with Crippen LogP contribution in [-0.4, -0.2) is 38.9 Å². The van der Waals surface area contributed by atoms with E-state index in [1.54, 1.807) is 0 Å². The third-order valence-corrected chi connectivity index (χ3v) is 4.76. The lowest BCUT2D eigenvalue weighted by molar-refractivity contribution is 0.362. The Morgan fingerprint density at radius 3 is 2.61 bits per heavy atom. The molecule has 0 saturated carbocycles. The highest BCUT2D eigenvalue weighted by molar-refractivity contribution is 9.10. The molecule has 0 radical (unpaired) electrons. The van der Waals surface area contributed by atoms with E-state index >= 15 is 0 Å². The van der Waals surface area contributed by atoms with Crippen LogP contribution in [0.25, 0.3) is 0 Å². The second-order valence-electron chi connectivity index (χ2n) is 3.89. The van der Waals surface area contributed by atoms with Gasteiger partial charge in [0.1, 0.15) is 5.82 Å². The molecule has 1 aromatic rings. The van der Waals surface area contributed by atoms with E-state index in [-0.39, 0.29) is 5.69 Å². The minimum absolute atomic E-state index is 0.217. The van der Waals surface area contributed by atoms with Crippen LogP contribution in [0.4, 0.5) is 10.1 Å². The number of piperazine rings is 1. The smallest absolute Gasteiger partial charge is 0.301 e. The summed E-state index contributed by atoms with van der Waals surface area (Å²) in [7, 11) is -3.60. The number of nitrogens with one attached hydrogen (secondary N) is 2. The predicted octanol–water partition coefficient (Wildman–Crippen LogP) is 1.15. The molecule has 5 nitrogen and oxygen atoms in total. The number of rotatable bonds is 3. The van der Waals surface area contributed by atoms with Gasteiger partial charge in [-0.25, -0.2) is 4.39 Å². The molecule has 0 amide bonds. The molecule has 1 heterocycles. The van der Waals surface area contributed by atoms with E-state index in [1.807, 2.05) is 0 Å². The maximum Gasteiger partial charge on any atom is 0.301 e. The van der Waals surface area contributed by atoms with E-state index in [4.69, 9.17) is 0 Å². The van der Waals surface area contributed by atoms with E-state index in [1.165, 1.54) is 16.4 Å². The molecule has 0 atom stereocenters. The summed E-state index contributed by atoms with van der Waals surface area (Å²) >= 11 is 3.01. The quantitative estimate of drug-likeness (QED) is 0.869. The van der Waals surface area contributed by atoms with E-state index in [9.17, 15) is 12.8 Å². The SMILES string of the molecule is O=S(=O)(Nc1ccc(Br)c(F)c1)N1CCNCC1. The van der Waals surface area contributed by atoms with Crippen molar-refractivity contribution in [1.29, 1.82) is 0 Å². The van der Waals surface area contributed by atoms with Crippen molar-refractivity contribution in [1.82, 2.24) is 9.62 Å². The summed E-state index contributed by atoms with van der Waals surface area (Å²) < 4.78 is 41.3. The summed E-state index contributed by atoms with van der Waals surface area (Å²) in [5, 5.41) is 3.07. The van der Waals surface area contributed by atoms with Gasteiger partial charge < -0.3 is 5.32 Å². The molecule has 2 N–H and O–H groups in total. The van der Waals surface area contributed by atoms with Crippen molar-refractivity contribution in [2.45, 2.75) is 0 Å². The molecule has 0 unspecified atom stereocenters. The van der Waals surface area contributed by atoms with Crippen LogP contribution in [0.15, 0.2) is 22.7 Å². The highest BCUT2D eigenvalue weighted by Gasteiger charge is 2.23. The Bertz CT molecular complexity index is 532. The molecule has 0 aliphatic carbocycles. The summed E-state index contributed by atoms with van der Waals surface area (Å²) in [5.41, 5.74) is 0.217. The number of halogens is 2. The molecule has 0 spiro atoms. The molecule has 0 aromatic heterocycles. The van der Waals surface area contributed by atoms with Crippen LogP contribution in [0.2, 0.25) is 0 Å². The van der Waals surface area contributed by atoms with Gasteiger partial charge in [-0.15, -0.1) is 0 Å². The molecule has 1 aromatic carbocycles. The fourth-order valence-electron chi connectivity index (χ4n) is 1.66. The van der Waals surface area contributed by atoms with Crippen molar-refractivity contribution in [3.8, 4) is 0 Å². The zero-order valence-electron chi connectivity index (χ0n) is 9.49. The van der Waals surface area contributed by atoms with Crippen LogP contribution in [-0.2, 0) is 10.2 Å². The van der Waals surface area contributed by atoms with Gasteiger partial charge in [-0.1, -0.05) is 0 Å². The Morgan fingerprint density at radius 2 is 2.00 bits per heavy atom. The molecular formula is C10H13BrFN3O2S. The summed E-state index contributed by atoms with van der Waals surface area (Å²) in [6, 6.07) is 4.11. The number of hydrogen-bond donors (Lipinski definition) is 2. The van der Waals surface area contributed by atoms with Gasteiger partial charge in [0.05, 0.1) is 10.2 Å². The number of benzene rings is 1. The van der Waals surface area contributed by atoms with Gasteiger partial charge >= 0.3 is 10.2 Å².